The topological polar surface area (TPSA) is 48.5 Å². The lowest BCUT2D eigenvalue weighted by Gasteiger charge is -2.15. The van der Waals surface area contributed by atoms with Gasteiger partial charge in [-0.2, -0.15) is 0 Å². The molecule has 0 fully saturated rings. The first-order chi connectivity index (χ1) is 30.7. The zero-order valence-electron chi connectivity index (χ0n) is 33.9. The van der Waals surface area contributed by atoms with Crippen molar-refractivity contribution in [2.45, 2.75) is 12.8 Å². The zero-order valence-corrected chi connectivity index (χ0v) is 33.9. The second kappa shape index (κ2) is 14.8. The van der Waals surface area contributed by atoms with Crippen molar-refractivity contribution in [3.05, 3.63) is 218 Å². The third-order valence-electron chi connectivity index (χ3n) is 12.2. The molecule has 62 heavy (non-hydrogen) atoms. The van der Waals surface area contributed by atoms with Crippen molar-refractivity contribution >= 4 is 49.2 Å². The first-order valence-electron chi connectivity index (χ1n) is 21.3. The van der Waals surface area contributed by atoms with Crippen molar-refractivity contribution in [2.75, 3.05) is 0 Å². The summed E-state index contributed by atoms with van der Waals surface area (Å²) in [5, 5.41) is 4.80. The van der Waals surface area contributed by atoms with E-state index in [1.807, 2.05) is 18.2 Å². The Bertz CT molecular complexity index is 3570. The molecule has 1 aliphatic rings. The van der Waals surface area contributed by atoms with Gasteiger partial charge in [-0.05, 0) is 77.6 Å². The van der Waals surface area contributed by atoms with Crippen molar-refractivity contribution in [2.24, 2.45) is 0 Å². The Morgan fingerprint density at radius 3 is 1.42 bits per heavy atom. The Morgan fingerprint density at radius 2 is 0.806 bits per heavy atom. The maximum Gasteiger partial charge on any atom is 0.164 e. The SMILES string of the molecule is C1=CC(c2nc(-c3ccccc3)nc(-c3cccc(-n4c5ccccc5c5ccc6c7ccccc7n(-c7cccc(-c8cccc(-c9ccccc9)c8)c7)c6c54)c3)n2)=CCC1. The third kappa shape index (κ3) is 6.05. The highest BCUT2D eigenvalue weighted by Gasteiger charge is 2.22. The van der Waals surface area contributed by atoms with Crippen LogP contribution in [0.2, 0.25) is 0 Å². The van der Waals surface area contributed by atoms with E-state index in [9.17, 15) is 0 Å². The lowest BCUT2D eigenvalue weighted by atomic mass is 9.99. The van der Waals surface area contributed by atoms with E-state index in [2.05, 4.69) is 203 Å². The van der Waals surface area contributed by atoms with Crippen LogP contribution in [0.4, 0.5) is 0 Å². The molecule has 0 N–H and O–H groups in total. The number of para-hydroxylation sites is 2. The van der Waals surface area contributed by atoms with Crippen LogP contribution in [-0.2, 0) is 0 Å². The standard InChI is InChI=1S/C57H39N5/c1-4-17-38(18-5-1)41-23-14-24-42(35-41)43-25-15-27-45(36-43)61-51-31-12-10-29-47(51)49-33-34-50-48-30-11-13-32-52(48)62(54(50)53(49)61)46-28-16-26-44(37-46)57-59-55(39-19-6-2-7-20-39)58-56(60-57)40-21-8-3-9-22-40/h1-2,4-8,10-37H,3,9H2. The van der Waals surface area contributed by atoms with E-state index in [0.29, 0.717) is 17.5 Å². The van der Waals surface area contributed by atoms with E-state index >= 15 is 0 Å². The van der Waals surface area contributed by atoms with E-state index in [1.165, 1.54) is 38.2 Å². The molecule has 0 amide bonds. The number of nitrogens with zero attached hydrogens (tertiary/aromatic N) is 5. The number of fused-ring (bicyclic) bond motifs is 7. The molecule has 0 saturated heterocycles. The number of rotatable bonds is 7. The van der Waals surface area contributed by atoms with E-state index < -0.39 is 0 Å². The fourth-order valence-corrected chi connectivity index (χ4v) is 9.28. The molecule has 0 unspecified atom stereocenters. The van der Waals surface area contributed by atoms with Crippen LogP contribution in [0, 0.1) is 0 Å². The van der Waals surface area contributed by atoms with Gasteiger partial charge in [0.1, 0.15) is 0 Å². The number of benzene rings is 8. The van der Waals surface area contributed by atoms with Crippen molar-refractivity contribution in [3.63, 3.8) is 0 Å². The zero-order chi connectivity index (χ0) is 41.0. The number of hydrogen-bond donors (Lipinski definition) is 0. The normalized spacial score (nSPS) is 12.7. The Labute approximate surface area is 359 Å². The summed E-state index contributed by atoms with van der Waals surface area (Å²) < 4.78 is 4.90. The van der Waals surface area contributed by atoms with Gasteiger partial charge in [0.15, 0.2) is 17.5 Å². The Kier molecular flexibility index (Phi) is 8.56. The lowest BCUT2D eigenvalue weighted by molar-refractivity contribution is 1.01. The molecule has 0 saturated carbocycles. The van der Waals surface area contributed by atoms with Crippen molar-refractivity contribution in [1.29, 1.82) is 0 Å². The maximum absolute atomic E-state index is 5.13. The largest absolute Gasteiger partial charge is 0.307 e. The highest BCUT2D eigenvalue weighted by Crippen LogP contribution is 2.42. The average Bonchev–Trinajstić information content (AvgIpc) is 3.88. The number of aromatic nitrogens is 5. The van der Waals surface area contributed by atoms with E-state index in [1.54, 1.807) is 0 Å². The molecule has 3 heterocycles. The smallest absolute Gasteiger partial charge is 0.164 e. The summed E-state index contributed by atoms with van der Waals surface area (Å²) in [4.78, 5) is 15.2. The molecule has 12 rings (SSSR count). The van der Waals surface area contributed by atoms with Gasteiger partial charge < -0.3 is 9.13 Å². The summed E-state index contributed by atoms with van der Waals surface area (Å²) in [5.74, 6) is 1.99. The van der Waals surface area contributed by atoms with Gasteiger partial charge in [-0.1, -0.05) is 170 Å². The van der Waals surface area contributed by atoms with Gasteiger partial charge >= 0.3 is 0 Å². The fourth-order valence-electron chi connectivity index (χ4n) is 9.28. The minimum atomic E-state index is 0.642. The highest BCUT2D eigenvalue weighted by atomic mass is 15.1. The Balaban J connectivity index is 1.09. The molecule has 0 aliphatic heterocycles. The van der Waals surface area contributed by atoms with Crippen LogP contribution in [0.3, 0.4) is 0 Å². The summed E-state index contributed by atoms with van der Waals surface area (Å²) >= 11 is 0. The molecule has 0 spiro atoms. The summed E-state index contributed by atoms with van der Waals surface area (Å²) in [7, 11) is 0. The molecule has 0 atom stereocenters. The quantitative estimate of drug-likeness (QED) is 0.161. The third-order valence-corrected chi connectivity index (χ3v) is 12.2. The monoisotopic (exact) mass is 793 g/mol. The fraction of sp³-hybridized carbons (Fsp3) is 0.0351. The second-order valence-corrected chi connectivity index (χ2v) is 15.9. The molecule has 0 bridgehead atoms. The molecular formula is C57H39N5. The molecular weight excluding hydrogens is 755 g/mol. The van der Waals surface area contributed by atoms with Gasteiger partial charge in [-0.25, -0.2) is 15.0 Å². The highest BCUT2D eigenvalue weighted by molar-refractivity contribution is 6.23. The van der Waals surface area contributed by atoms with Crippen LogP contribution in [0.1, 0.15) is 18.7 Å². The summed E-state index contributed by atoms with van der Waals surface area (Å²) in [6.07, 6.45) is 8.55. The van der Waals surface area contributed by atoms with Gasteiger partial charge in [0.2, 0.25) is 0 Å². The predicted molar refractivity (Wildman–Crippen MR) is 257 cm³/mol. The van der Waals surface area contributed by atoms with Gasteiger partial charge in [-0.3, -0.25) is 0 Å². The minimum Gasteiger partial charge on any atom is -0.307 e. The first-order valence-corrected chi connectivity index (χ1v) is 21.3. The van der Waals surface area contributed by atoms with Gasteiger partial charge in [0.05, 0.1) is 22.1 Å². The molecule has 5 nitrogen and oxygen atoms in total. The predicted octanol–water partition coefficient (Wildman–Crippen LogP) is 14.5. The molecule has 0 radical (unpaired) electrons. The second-order valence-electron chi connectivity index (χ2n) is 15.9. The molecule has 11 aromatic rings. The summed E-state index contributed by atoms with van der Waals surface area (Å²) in [6, 6.07) is 69.5. The van der Waals surface area contributed by atoms with Crippen molar-refractivity contribution in [3.8, 4) is 56.4 Å². The van der Waals surface area contributed by atoms with Crippen LogP contribution < -0.4 is 0 Å². The summed E-state index contributed by atoms with van der Waals surface area (Å²) in [5.41, 5.74) is 14.4. The Morgan fingerprint density at radius 1 is 0.339 bits per heavy atom. The Hall–Kier alpha value is -8.15. The van der Waals surface area contributed by atoms with Crippen LogP contribution >= 0.6 is 0 Å². The van der Waals surface area contributed by atoms with Crippen LogP contribution in [-0.4, -0.2) is 24.1 Å². The lowest BCUT2D eigenvalue weighted by Crippen LogP contribution is -2.03. The molecule has 1 aliphatic carbocycles. The van der Waals surface area contributed by atoms with Crippen LogP contribution in [0.15, 0.2) is 212 Å². The van der Waals surface area contributed by atoms with Crippen molar-refractivity contribution < 1.29 is 0 Å². The van der Waals surface area contributed by atoms with E-state index in [-0.39, 0.29) is 0 Å². The molecule has 5 heteroatoms. The van der Waals surface area contributed by atoms with Gasteiger partial charge in [0.25, 0.3) is 0 Å². The minimum absolute atomic E-state index is 0.642. The maximum atomic E-state index is 5.13. The van der Waals surface area contributed by atoms with Crippen LogP contribution in [0.25, 0.3) is 106 Å². The number of allylic oxidation sites excluding steroid dienone is 4. The summed E-state index contributed by atoms with van der Waals surface area (Å²) in [6.45, 7) is 0. The van der Waals surface area contributed by atoms with Crippen LogP contribution in [0.5, 0.6) is 0 Å². The van der Waals surface area contributed by atoms with Gasteiger partial charge in [-0.15, -0.1) is 0 Å². The average molecular weight is 794 g/mol. The molecule has 8 aromatic carbocycles. The van der Waals surface area contributed by atoms with Gasteiger partial charge in [0, 0.05) is 49.6 Å². The van der Waals surface area contributed by atoms with E-state index in [0.717, 1.165) is 68.5 Å². The van der Waals surface area contributed by atoms with E-state index in [4.69, 9.17) is 15.0 Å². The number of hydrogen-bond acceptors (Lipinski definition) is 3. The molecule has 3 aromatic heterocycles. The van der Waals surface area contributed by atoms with Crippen molar-refractivity contribution in [1.82, 2.24) is 24.1 Å². The molecule has 292 valence electrons. The first kappa shape index (κ1) is 35.8.